The van der Waals surface area contributed by atoms with Crippen LogP contribution in [0.2, 0.25) is 0 Å². The van der Waals surface area contributed by atoms with E-state index in [1.807, 2.05) is 0 Å². The van der Waals surface area contributed by atoms with E-state index >= 15 is 0 Å². The van der Waals surface area contributed by atoms with Gasteiger partial charge in [0.1, 0.15) is 5.60 Å². The van der Waals surface area contributed by atoms with E-state index in [0.29, 0.717) is 0 Å². The number of nitrogens with two attached hydrogens (primary N) is 1. The zero-order chi connectivity index (χ0) is 13.6. The normalized spacial score (nSPS) is 12.6. The molecule has 0 aromatic rings. The Hall–Kier alpha value is -1.79. The molecule has 0 bridgehead atoms. The summed E-state index contributed by atoms with van der Waals surface area (Å²) in [4.78, 5) is 32.5. The molecule has 0 aromatic carbocycles. The molecule has 98 valence electrons. The van der Waals surface area contributed by atoms with Crippen LogP contribution in [-0.2, 0) is 14.3 Å². The highest BCUT2D eigenvalue weighted by Gasteiger charge is 2.20. The molecule has 2 amide bonds. The highest BCUT2D eigenvalue weighted by atomic mass is 16.6. The summed E-state index contributed by atoms with van der Waals surface area (Å²) in [6.45, 7) is 4.93. The van der Waals surface area contributed by atoms with E-state index in [0.717, 1.165) is 0 Å². The third kappa shape index (κ3) is 8.06. The van der Waals surface area contributed by atoms with Crippen molar-refractivity contribution in [3.63, 3.8) is 0 Å². The van der Waals surface area contributed by atoms with Crippen molar-refractivity contribution in [3.8, 4) is 0 Å². The molecule has 0 rings (SSSR count). The van der Waals surface area contributed by atoms with Gasteiger partial charge in [-0.3, -0.25) is 4.79 Å². The molecule has 0 saturated heterocycles. The molecule has 0 aliphatic carbocycles. The molecule has 0 aliphatic rings. The molecule has 0 aliphatic heterocycles. The van der Waals surface area contributed by atoms with Gasteiger partial charge in [-0.15, -0.1) is 0 Å². The van der Waals surface area contributed by atoms with E-state index in [1.165, 1.54) is 0 Å². The Morgan fingerprint density at radius 3 is 2.24 bits per heavy atom. The summed E-state index contributed by atoms with van der Waals surface area (Å²) in [6.07, 6.45) is -1.16. The van der Waals surface area contributed by atoms with E-state index < -0.39 is 29.6 Å². The van der Waals surface area contributed by atoms with Crippen molar-refractivity contribution in [2.45, 2.75) is 45.3 Å². The Balaban J connectivity index is 4.30. The fourth-order valence-corrected chi connectivity index (χ4v) is 0.985. The van der Waals surface area contributed by atoms with Gasteiger partial charge in [0.05, 0.1) is 12.0 Å². The van der Waals surface area contributed by atoms with Crippen LogP contribution in [0, 0.1) is 0 Å². The van der Waals surface area contributed by atoms with Crippen LogP contribution >= 0.6 is 0 Å². The van der Waals surface area contributed by atoms with Gasteiger partial charge in [0.2, 0.25) is 5.91 Å². The van der Waals surface area contributed by atoms with Crippen LogP contribution in [0.15, 0.2) is 0 Å². The predicted molar refractivity (Wildman–Crippen MR) is 56.6 cm³/mol. The van der Waals surface area contributed by atoms with Crippen LogP contribution in [0.5, 0.6) is 0 Å². The van der Waals surface area contributed by atoms with Crippen molar-refractivity contribution in [1.82, 2.24) is 5.32 Å². The lowest BCUT2D eigenvalue weighted by atomic mass is 10.1. The van der Waals surface area contributed by atoms with E-state index in [9.17, 15) is 19.5 Å². The molecule has 0 spiro atoms. The number of carboxylic acid groups (broad SMARTS) is 1. The van der Waals surface area contributed by atoms with Crippen LogP contribution in [0.1, 0.15) is 33.6 Å². The van der Waals surface area contributed by atoms with Gasteiger partial charge in [-0.05, 0) is 27.2 Å². The number of alkyl carbamates (subject to hydrolysis) is 1. The Kier molecular flexibility index (Phi) is 5.43. The van der Waals surface area contributed by atoms with Crippen molar-refractivity contribution in [1.29, 1.82) is 0 Å². The lowest BCUT2D eigenvalue weighted by Crippen LogP contribution is -2.49. The zero-order valence-corrected chi connectivity index (χ0v) is 10.1. The molecule has 3 N–H and O–H groups in total. The summed E-state index contributed by atoms with van der Waals surface area (Å²) in [5.74, 6) is -2.14. The standard InChI is InChI=1S/C10H18N2O5/c1-10(2,3)17-9(16)12-6(8(14)15)4-5-7(11)13/h6H,4-5H2,1-3H3,(H2,11,13)(H,12,16)(H,14,15)/p-1. The smallest absolute Gasteiger partial charge is 0.408 e. The van der Waals surface area contributed by atoms with Gasteiger partial charge in [0.25, 0.3) is 0 Å². The maximum atomic E-state index is 11.3. The fourth-order valence-electron chi connectivity index (χ4n) is 0.985. The van der Waals surface area contributed by atoms with Crippen molar-refractivity contribution >= 4 is 18.0 Å². The fraction of sp³-hybridized carbons (Fsp3) is 0.700. The lowest BCUT2D eigenvalue weighted by Gasteiger charge is -2.23. The predicted octanol–water partition coefficient (Wildman–Crippen LogP) is -1.10. The molecule has 7 nitrogen and oxygen atoms in total. The van der Waals surface area contributed by atoms with Gasteiger partial charge >= 0.3 is 6.09 Å². The number of aliphatic carboxylic acids is 1. The summed E-state index contributed by atoms with van der Waals surface area (Å²) in [5.41, 5.74) is 4.15. The second kappa shape index (κ2) is 6.07. The minimum Gasteiger partial charge on any atom is -0.548 e. The Bertz CT molecular complexity index is 308. The molecule has 0 saturated carbocycles. The number of nitrogens with one attached hydrogen (secondary N) is 1. The molecule has 0 aromatic heterocycles. The van der Waals surface area contributed by atoms with E-state index in [2.05, 4.69) is 5.32 Å². The van der Waals surface area contributed by atoms with Gasteiger partial charge in [-0.1, -0.05) is 0 Å². The van der Waals surface area contributed by atoms with Crippen molar-refractivity contribution in [2.24, 2.45) is 5.73 Å². The van der Waals surface area contributed by atoms with E-state index in [-0.39, 0.29) is 12.8 Å². The minimum absolute atomic E-state index is 0.128. The first-order valence-corrected chi connectivity index (χ1v) is 5.10. The van der Waals surface area contributed by atoms with Gasteiger partial charge in [0, 0.05) is 6.42 Å². The maximum Gasteiger partial charge on any atom is 0.408 e. The topological polar surface area (TPSA) is 122 Å². The molecule has 1 unspecified atom stereocenters. The average molecular weight is 245 g/mol. The summed E-state index contributed by atoms with van der Waals surface area (Å²) in [7, 11) is 0. The molecule has 7 heteroatoms. The third-order valence-electron chi connectivity index (χ3n) is 1.65. The van der Waals surface area contributed by atoms with E-state index in [1.54, 1.807) is 20.8 Å². The molecule has 1 atom stereocenters. The SMILES string of the molecule is CC(C)(C)OC(=O)NC(CCC(N)=O)C(=O)[O-]. The molecule has 17 heavy (non-hydrogen) atoms. The van der Waals surface area contributed by atoms with Crippen LogP contribution < -0.4 is 16.2 Å². The van der Waals surface area contributed by atoms with Gasteiger partial charge in [0.15, 0.2) is 0 Å². The molecular weight excluding hydrogens is 228 g/mol. The number of carbonyl (C=O) groups is 3. The highest BCUT2D eigenvalue weighted by molar-refractivity contribution is 5.80. The van der Waals surface area contributed by atoms with E-state index in [4.69, 9.17) is 10.5 Å². The molecule has 0 fully saturated rings. The average Bonchev–Trinajstić information content (AvgIpc) is 2.08. The third-order valence-corrected chi connectivity index (χ3v) is 1.65. The summed E-state index contributed by atoms with van der Waals surface area (Å²) < 4.78 is 4.87. The number of rotatable bonds is 5. The van der Waals surface area contributed by atoms with Gasteiger partial charge < -0.3 is 25.7 Å². The van der Waals surface area contributed by atoms with Crippen molar-refractivity contribution in [2.75, 3.05) is 0 Å². The number of hydrogen-bond acceptors (Lipinski definition) is 5. The first kappa shape index (κ1) is 15.2. The first-order valence-electron chi connectivity index (χ1n) is 5.10. The number of carboxylic acids is 1. The minimum atomic E-state index is -1.49. The maximum absolute atomic E-state index is 11.3. The summed E-state index contributed by atoms with van der Waals surface area (Å²) >= 11 is 0. The lowest BCUT2D eigenvalue weighted by molar-refractivity contribution is -0.308. The summed E-state index contributed by atoms with van der Waals surface area (Å²) in [5, 5.41) is 12.8. The molecule has 0 heterocycles. The highest BCUT2D eigenvalue weighted by Crippen LogP contribution is 2.07. The van der Waals surface area contributed by atoms with Crippen molar-refractivity contribution < 1.29 is 24.2 Å². The second-order valence-electron chi connectivity index (χ2n) is 4.52. The largest absolute Gasteiger partial charge is 0.548 e. The van der Waals surface area contributed by atoms with Crippen LogP contribution in [-0.4, -0.2) is 29.6 Å². The van der Waals surface area contributed by atoms with Gasteiger partial charge in [-0.2, -0.15) is 0 Å². The number of hydrogen-bond donors (Lipinski definition) is 2. The number of ether oxygens (including phenoxy) is 1. The number of amides is 2. The zero-order valence-electron chi connectivity index (χ0n) is 10.1. The van der Waals surface area contributed by atoms with Crippen LogP contribution in [0.3, 0.4) is 0 Å². The quantitative estimate of drug-likeness (QED) is 0.636. The Labute approximate surface area is 99.3 Å². The first-order chi connectivity index (χ1) is 7.61. The number of primary amides is 1. The molecular formula is C10H17N2O5-. The molecule has 0 radical (unpaired) electrons. The van der Waals surface area contributed by atoms with Crippen LogP contribution in [0.25, 0.3) is 0 Å². The number of carbonyl (C=O) groups excluding carboxylic acids is 3. The Morgan fingerprint density at radius 2 is 1.88 bits per heavy atom. The monoisotopic (exact) mass is 245 g/mol. The van der Waals surface area contributed by atoms with Crippen molar-refractivity contribution in [3.05, 3.63) is 0 Å². The van der Waals surface area contributed by atoms with Gasteiger partial charge in [-0.25, -0.2) is 4.79 Å². The summed E-state index contributed by atoms with van der Waals surface area (Å²) in [6, 6.07) is -1.29. The Morgan fingerprint density at radius 1 is 1.35 bits per heavy atom. The second-order valence-corrected chi connectivity index (χ2v) is 4.52. The van der Waals surface area contributed by atoms with Crippen LogP contribution in [0.4, 0.5) is 4.79 Å².